The zero-order chi connectivity index (χ0) is 23.1. The van der Waals surface area contributed by atoms with E-state index in [1.165, 1.54) is 0 Å². The molecule has 1 amide bonds. The Hall–Kier alpha value is -2.87. The van der Waals surface area contributed by atoms with Crippen LogP contribution < -0.4 is 20.3 Å². The second-order valence-electron chi connectivity index (χ2n) is 8.28. The average molecular weight is 445 g/mol. The number of pyridine rings is 1. The third-order valence-electron chi connectivity index (χ3n) is 5.64. The molecular weight excluding hydrogens is 411 g/mol. The highest BCUT2D eigenvalue weighted by molar-refractivity contribution is 5.83. The lowest BCUT2D eigenvalue weighted by molar-refractivity contribution is -0.123. The van der Waals surface area contributed by atoms with Crippen LogP contribution >= 0.6 is 0 Å². The van der Waals surface area contributed by atoms with Gasteiger partial charge in [-0.05, 0) is 44.0 Å². The first-order valence-electron chi connectivity index (χ1n) is 11.2. The van der Waals surface area contributed by atoms with Crippen molar-refractivity contribution in [1.82, 2.24) is 10.3 Å². The molecule has 1 saturated heterocycles. The number of benzene rings is 1. The van der Waals surface area contributed by atoms with E-state index in [4.69, 9.17) is 9.84 Å². The molecule has 3 atom stereocenters. The summed E-state index contributed by atoms with van der Waals surface area (Å²) in [7, 11) is 0. The molecule has 0 saturated carbocycles. The van der Waals surface area contributed by atoms with Gasteiger partial charge in [0, 0.05) is 31.7 Å². The lowest BCUT2D eigenvalue weighted by Crippen LogP contribution is -2.37. The quantitative estimate of drug-likeness (QED) is 0.521. The molecule has 32 heavy (non-hydrogen) atoms. The van der Waals surface area contributed by atoms with Gasteiger partial charge >= 0.3 is 0 Å². The number of halogens is 1. The van der Waals surface area contributed by atoms with Gasteiger partial charge in [0.25, 0.3) is 0 Å². The van der Waals surface area contributed by atoms with E-state index in [9.17, 15) is 9.18 Å². The van der Waals surface area contributed by atoms with Crippen molar-refractivity contribution < 1.29 is 19.0 Å². The summed E-state index contributed by atoms with van der Waals surface area (Å²) in [5.41, 5.74) is 1.41. The van der Waals surface area contributed by atoms with Gasteiger partial charge in [-0.25, -0.2) is 9.37 Å². The zero-order valence-corrected chi connectivity index (χ0v) is 19.0. The summed E-state index contributed by atoms with van der Waals surface area (Å²) in [5.74, 6) is 0.228. The van der Waals surface area contributed by atoms with Crippen LogP contribution in [0.15, 0.2) is 36.5 Å². The van der Waals surface area contributed by atoms with Gasteiger partial charge < -0.3 is 25.4 Å². The molecule has 1 aromatic heterocycles. The normalized spacial score (nSPS) is 17.7. The van der Waals surface area contributed by atoms with Gasteiger partial charge in [0.05, 0.1) is 24.8 Å². The zero-order valence-electron chi connectivity index (χ0n) is 19.0. The fraction of sp³-hybridized carbons (Fsp3) is 0.500. The Balaban J connectivity index is 1.57. The van der Waals surface area contributed by atoms with E-state index in [-0.39, 0.29) is 42.2 Å². The van der Waals surface area contributed by atoms with E-state index in [0.717, 1.165) is 24.2 Å². The lowest BCUT2D eigenvalue weighted by Gasteiger charge is -2.21. The molecule has 0 spiro atoms. The minimum Gasteiger partial charge on any atom is -0.489 e. The van der Waals surface area contributed by atoms with Crippen molar-refractivity contribution in [2.45, 2.75) is 51.7 Å². The molecule has 0 radical (unpaired) electrons. The van der Waals surface area contributed by atoms with E-state index in [1.54, 1.807) is 19.2 Å². The number of aliphatic hydroxyl groups is 1. The molecule has 7 nitrogen and oxygen atoms in total. The number of hydrogen-bond donors (Lipinski definition) is 3. The highest BCUT2D eigenvalue weighted by Gasteiger charge is 2.27. The van der Waals surface area contributed by atoms with Crippen molar-refractivity contribution in [2.24, 2.45) is 0 Å². The van der Waals surface area contributed by atoms with Crippen LogP contribution in [0.25, 0.3) is 0 Å². The number of nitrogens with one attached hydrogen (secondary N) is 2. The van der Waals surface area contributed by atoms with E-state index < -0.39 is 0 Å². The smallest absolute Gasteiger partial charge is 0.227 e. The first kappa shape index (κ1) is 23.8. The highest BCUT2D eigenvalue weighted by Crippen LogP contribution is 2.29. The Labute approximate surface area is 189 Å². The van der Waals surface area contributed by atoms with Crippen LogP contribution in [0.4, 0.5) is 15.9 Å². The van der Waals surface area contributed by atoms with Crippen molar-refractivity contribution in [3.05, 3.63) is 47.9 Å². The maximum atomic E-state index is 14.8. The van der Waals surface area contributed by atoms with Crippen molar-refractivity contribution in [2.75, 3.05) is 36.5 Å². The molecule has 2 aromatic rings. The number of amides is 1. The number of aliphatic hydroxyl groups excluding tert-OH is 1. The van der Waals surface area contributed by atoms with Crippen molar-refractivity contribution in [3.8, 4) is 5.75 Å². The molecule has 2 heterocycles. The maximum absolute atomic E-state index is 14.8. The number of rotatable bonds is 10. The number of hydrogen-bond acceptors (Lipinski definition) is 6. The molecule has 0 bridgehead atoms. The molecule has 1 aromatic carbocycles. The molecule has 1 fully saturated rings. The van der Waals surface area contributed by atoms with Gasteiger partial charge in [-0.1, -0.05) is 19.1 Å². The van der Waals surface area contributed by atoms with Crippen molar-refractivity contribution in [1.29, 1.82) is 0 Å². The summed E-state index contributed by atoms with van der Waals surface area (Å²) in [6, 6.07) is 8.90. The maximum Gasteiger partial charge on any atom is 0.227 e. The molecule has 1 aliphatic heterocycles. The SMILES string of the molecule is CCCNc1nccc(N2CC[C@@H](Oc3ccc(C(C)C(=O)NC(C)CO)cc3)C2)c1F. The van der Waals surface area contributed by atoms with Crippen LogP contribution in [0, 0.1) is 5.82 Å². The Morgan fingerprint density at radius 3 is 2.75 bits per heavy atom. The first-order chi connectivity index (χ1) is 15.4. The number of carbonyl (C=O) groups excluding carboxylic acids is 1. The van der Waals surface area contributed by atoms with Gasteiger partial charge in [0.1, 0.15) is 11.9 Å². The minimum absolute atomic E-state index is 0.0495. The Morgan fingerprint density at radius 1 is 1.31 bits per heavy atom. The van der Waals surface area contributed by atoms with Crippen LogP contribution in [0.2, 0.25) is 0 Å². The van der Waals surface area contributed by atoms with Crippen LogP contribution in [0.3, 0.4) is 0 Å². The standard InChI is InChI=1S/C24H33FN4O3/c1-4-11-26-23-22(25)21(9-12-27-23)29-13-10-20(14-29)32-19-7-5-18(6-8-19)17(3)24(31)28-16(2)15-30/h5-9,12,16-17,20,30H,4,10-11,13-15H2,1-3H3,(H,26,27)(H,28,31)/t16?,17?,20-/m1/s1. The Kier molecular flexibility index (Phi) is 8.27. The highest BCUT2D eigenvalue weighted by atomic mass is 19.1. The van der Waals surface area contributed by atoms with Gasteiger partial charge in [0.2, 0.25) is 5.91 Å². The molecule has 1 aliphatic rings. The summed E-state index contributed by atoms with van der Waals surface area (Å²) < 4.78 is 20.9. The van der Waals surface area contributed by atoms with Gasteiger partial charge in [-0.2, -0.15) is 0 Å². The fourth-order valence-electron chi connectivity index (χ4n) is 3.68. The molecule has 174 valence electrons. The third-order valence-corrected chi connectivity index (χ3v) is 5.64. The summed E-state index contributed by atoms with van der Waals surface area (Å²) in [6.07, 6.45) is 3.27. The fourth-order valence-corrected chi connectivity index (χ4v) is 3.68. The molecule has 3 rings (SSSR count). The van der Waals surface area contributed by atoms with Gasteiger partial charge in [-0.3, -0.25) is 4.79 Å². The second-order valence-corrected chi connectivity index (χ2v) is 8.28. The number of aromatic nitrogens is 1. The number of anilines is 2. The Morgan fingerprint density at radius 2 is 2.06 bits per heavy atom. The topological polar surface area (TPSA) is 86.7 Å². The van der Waals surface area contributed by atoms with Gasteiger partial charge in [0.15, 0.2) is 11.6 Å². The predicted molar refractivity (Wildman–Crippen MR) is 124 cm³/mol. The van der Waals surface area contributed by atoms with E-state index in [2.05, 4.69) is 15.6 Å². The average Bonchev–Trinajstić information content (AvgIpc) is 3.26. The summed E-state index contributed by atoms with van der Waals surface area (Å²) in [5, 5.41) is 14.9. The first-order valence-corrected chi connectivity index (χ1v) is 11.2. The molecule has 0 aliphatic carbocycles. The summed E-state index contributed by atoms with van der Waals surface area (Å²) in [4.78, 5) is 18.4. The number of ether oxygens (including phenoxy) is 1. The molecule has 3 N–H and O–H groups in total. The van der Waals surface area contributed by atoms with Crippen LogP contribution in [-0.2, 0) is 4.79 Å². The van der Waals surface area contributed by atoms with Crippen molar-refractivity contribution >= 4 is 17.4 Å². The van der Waals surface area contributed by atoms with Gasteiger partial charge in [-0.15, -0.1) is 0 Å². The van der Waals surface area contributed by atoms with Crippen LogP contribution in [-0.4, -0.2) is 54.4 Å². The summed E-state index contributed by atoms with van der Waals surface area (Å²) >= 11 is 0. The lowest BCUT2D eigenvalue weighted by atomic mass is 10.00. The van der Waals surface area contributed by atoms with Crippen LogP contribution in [0.5, 0.6) is 5.75 Å². The number of carbonyl (C=O) groups is 1. The molecular formula is C24H33FN4O3. The van der Waals surface area contributed by atoms with E-state index in [0.29, 0.717) is 25.3 Å². The largest absolute Gasteiger partial charge is 0.489 e. The molecule has 8 heteroatoms. The minimum atomic E-state index is -0.329. The summed E-state index contributed by atoms with van der Waals surface area (Å²) in [6.45, 7) is 7.49. The van der Waals surface area contributed by atoms with E-state index >= 15 is 0 Å². The Bertz CT molecular complexity index is 893. The van der Waals surface area contributed by atoms with E-state index in [1.807, 2.05) is 43.0 Å². The predicted octanol–water partition coefficient (Wildman–Crippen LogP) is 3.30. The number of nitrogens with zero attached hydrogens (tertiary/aromatic N) is 2. The third kappa shape index (κ3) is 5.88. The monoisotopic (exact) mass is 444 g/mol. The second kappa shape index (κ2) is 11.1. The molecule has 2 unspecified atom stereocenters. The van der Waals surface area contributed by atoms with Crippen molar-refractivity contribution in [3.63, 3.8) is 0 Å². The van der Waals surface area contributed by atoms with Crippen LogP contribution in [0.1, 0.15) is 45.1 Å².